The second-order valence-corrected chi connectivity index (χ2v) is 14.0. The highest BCUT2D eigenvalue weighted by Gasteiger charge is 2.51. The Labute approximate surface area is 230 Å². The molecule has 4 aliphatic carbocycles. The molecule has 1 amide bonds. The minimum absolute atomic E-state index is 0.0800. The maximum absolute atomic E-state index is 13.5. The molecule has 6 nitrogen and oxygen atoms in total. The average Bonchev–Trinajstić information content (AvgIpc) is 2.92. The first kappa shape index (κ1) is 24.7. The summed E-state index contributed by atoms with van der Waals surface area (Å²) in [5.41, 5.74) is 3.57. The highest BCUT2D eigenvalue weighted by Crippen LogP contribution is 2.60. The summed E-state index contributed by atoms with van der Waals surface area (Å²) in [5.74, 6) is 2.52. The number of carbonyl (C=O) groups is 1. The normalized spacial score (nSPS) is 29.0. The molecule has 5 aliphatic rings. The third-order valence-electron chi connectivity index (χ3n) is 9.36. The van der Waals surface area contributed by atoms with Crippen molar-refractivity contribution in [2.75, 3.05) is 16.2 Å². The number of sulfonamides is 1. The molecule has 0 radical (unpaired) electrons. The number of benzene rings is 3. The standard InChI is InChI=1S/C32H34N2O4S/c35-31(33-27-12-10-26(11-13-27)32-17-23-14-24(18-32)16-25(15-23)19-32)30-20-34(28-8-4-5-9-29(28)38-30)39(36,37)21-22-6-2-1-3-7-22/h1-13,23-25,30H,14-21H2,(H,33,35)/t23?,24?,25?,30-,32?/m0/s1. The lowest BCUT2D eigenvalue weighted by atomic mass is 9.48. The Balaban J connectivity index is 1.08. The predicted molar refractivity (Wildman–Crippen MR) is 152 cm³/mol. The van der Waals surface area contributed by atoms with Crippen molar-refractivity contribution >= 4 is 27.3 Å². The van der Waals surface area contributed by atoms with Gasteiger partial charge in [-0.2, -0.15) is 0 Å². The van der Waals surface area contributed by atoms with E-state index in [2.05, 4.69) is 17.4 Å². The third-order valence-corrected chi connectivity index (χ3v) is 11.1. The minimum atomic E-state index is -3.74. The molecule has 0 aromatic heterocycles. The number of hydrogen-bond acceptors (Lipinski definition) is 4. The van der Waals surface area contributed by atoms with Gasteiger partial charge >= 0.3 is 0 Å². The van der Waals surface area contributed by atoms with Gasteiger partial charge in [0, 0.05) is 5.69 Å². The van der Waals surface area contributed by atoms with Crippen LogP contribution in [0.2, 0.25) is 0 Å². The van der Waals surface area contributed by atoms with Crippen molar-refractivity contribution in [3.63, 3.8) is 0 Å². The monoisotopic (exact) mass is 542 g/mol. The Hall–Kier alpha value is -3.32. The Kier molecular flexibility index (Phi) is 5.96. The quantitative estimate of drug-likeness (QED) is 0.421. The first-order valence-electron chi connectivity index (χ1n) is 14.1. The number of para-hydroxylation sites is 2. The predicted octanol–water partition coefficient (Wildman–Crippen LogP) is 5.89. The summed E-state index contributed by atoms with van der Waals surface area (Å²) in [7, 11) is -3.74. The van der Waals surface area contributed by atoms with Gasteiger partial charge in [-0.15, -0.1) is 0 Å². The number of nitrogens with zero attached hydrogens (tertiary/aromatic N) is 1. The molecule has 202 valence electrons. The summed E-state index contributed by atoms with van der Waals surface area (Å²) in [6.07, 6.45) is 7.17. The van der Waals surface area contributed by atoms with Crippen molar-refractivity contribution in [2.45, 2.75) is 55.8 Å². The van der Waals surface area contributed by atoms with Crippen LogP contribution in [-0.4, -0.2) is 27.0 Å². The summed E-state index contributed by atoms with van der Waals surface area (Å²) in [6.45, 7) is -0.0800. The van der Waals surface area contributed by atoms with E-state index in [1.54, 1.807) is 36.4 Å². The fourth-order valence-electron chi connectivity index (χ4n) is 8.06. The van der Waals surface area contributed by atoms with Gasteiger partial charge in [0.05, 0.1) is 18.0 Å². The molecule has 4 saturated carbocycles. The van der Waals surface area contributed by atoms with E-state index in [9.17, 15) is 13.2 Å². The van der Waals surface area contributed by atoms with Gasteiger partial charge in [0.25, 0.3) is 5.91 Å². The van der Waals surface area contributed by atoms with Crippen LogP contribution >= 0.6 is 0 Å². The zero-order valence-corrected chi connectivity index (χ0v) is 22.8. The van der Waals surface area contributed by atoms with E-state index in [0.717, 1.165) is 17.8 Å². The number of carbonyl (C=O) groups excluding carboxylic acids is 1. The van der Waals surface area contributed by atoms with Gasteiger partial charge in [-0.1, -0.05) is 54.6 Å². The lowest BCUT2D eigenvalue weighted by Crippen LogP contribution is -2.49. The summed E-state index contributed by atoms with van der Waals surface area (Å²) < 4.78 is 34.3. The van der Waals surface area contributed by atoms with Crippen LogP contribution in [0.3, 0.4) is 0 Å². The van der Waals surface area contributed by atoms with Gasteiger partial charge < -0.3 is 10.1 Å². The van der Waals surface area contributed by atoms with Crippen molar-refractivity contribution in [1.29, 1.82) is 0 Å². The molecule has 1 aliphatic heterocycles. The zero-order valence-electron chi connectivity index (χ0n) is 22.0. The molecule has 39 heavy (non-hydrogen) atoms. The molecule has 7 heteroatoms. The second-order valence-electron chi connectivity index (χ2n) is 12.1. The number of ether oxygens (including phenoxy) is 1. The van der Waals surface area contributed by atoms with E-state index in [1.165, 1.54) is 48.4 Å². The number of rotatable bonds is 6. The van der Waals surface area contributed by atoms with Crippen LogP contribution in [-0.2, 0) is 26.0 Å². The topological polar surface area (TPSA) is 75.7 Å². The highest BCUT2D eigenvalue weighted by molar-refractivity contribution is 7.92. The maximum atomic E-state index is 13.5. The van der Waals surface area contributed by atoms with E-state index < -0.39 is 16.1 Å². The molecule has 3 aromatic rings. The summed E-state index contributed by atoms with van der Waals surface area (Å²) in [5, 5.41) is 2.98. The fourth-order valence-corrected chi connectivity index (χ4v) is 9.64. The SMILES string of the molecule is O=C(Nc1ccc(C23CC4CC(CC(C4)C2)C3)cc1)[C@@H]1CN(S(=O)(=O)Cc2ccccc2)c2ccccc2O1. The molecule has 0 spiro atoms. The summed E-state index contributed by atoms with van der Waals surface area (Å²) in [6, 6.07) is 24.4. The van der Waals surface area contributed by atoms with E-state index in [1.807, 2.05) is 30.3 Å². The Bertz CT molecular complexity index is 1450. The lowest BCUT2D eigenvalue weighted by molar-refractivity contribution is -0.122. The minimum Gasteiger partial charge on any atom is -0.476 e. The molecule has 3 aromatic carbocycles. The molecule has 0 unspecified atom stereocenters. The van der Waals surface area contributed by atoms with Gasteiger partial charge in [-0.3, -0.25) is 9.10 Å². The number of hydrogen-bond donors (Lipinski definition) is 1. The van der Waals surface area contributed by atoms with Crippen molar-refractivity contribution in [2.24, 2.45) is 17.8 Å². The fraction of sp³-hybridized carbons (Fsp3) is 0.406. The van der Waals surface area contributed by atoms with Crippen LogP contribution in [0.1, 0.15) is 49.7 Å². The van der Waals surface area contributed by atoms with Crippen molar-refractivity contribution in [3.05, 3.63) is 90.0 Å². The Morgan fingerprint density at radius 1 is 0.846 bits per heavy atom. The van der Waals surface area contributed by atoms with Gasteiger partial charge in [-0.25, -0.2) is 8.42 Å². The molecule has 8 rings (SSSR count). The Morgan fingerprint density at radius 2 is 1.46 bits per heavy atom. The maximum Gasteiger partial charge on any atom is 0.267 e. The van der Waals surface area contributed by atoms with Gasteiger partial charge in [-0.05, 0) is 97.1 Å². The number of nitrogens with one attached hydrogen (secondary N) is 1. The molecule has 0 saturated heterocycles. The van der Waals surface area contributed by atoms with Crippen molar-refractivity contribution in [3.8, 4) is 5.75 Å². The highest BCUT2D eigenvalue weighted by atomic mass is 32.2. The van der Waals surface area contributed by atoms with Crippen LogP contribution in [0.25, 0.3) is 0 Å². The van der Waals surface area contributed by atoms with Crippen molar-refractivity contribution < 1.29 is 17.9 Å². The number of fused-ring (bicyclic) bond motifs is 1. The van der Waals surface area contributed by atoms with Crippen molar-refractivity contribution in [1.82, 2.24) is 0 Å². The molecule has 4 fully saturated rings. The summed E-state index contributed by atoms with van der Waals surface area (Å²) >= 11 is 0. The second kappa shape index (κ2) is 9.40. The number of anilines is 2. The zero-order chi connectivity index (χ0) is 26.6. The summed E-state index contributed by atoms with van der Waals surface area (Å²) in [4.78, 5) is 13.4. The smallest absolute Gasteiger partial charge is 0.267 e. The average molecular weight is 543 g/mol. The van der Waals surface area contributed by atoms with Gasteiger partial charge in [0.15, 0.2) is 6.10 Å². The lowest BCUT2D eigenvalue weighted by Gasteiger charge is -2.57. The molecular formula is C32H34N2O4S. The third kappa shape index (κ3) is 4.61. The molecule has 4 bridgehead atoms. The van der Waals surface area contributed by atoms with Crippen LogP contribution in [0.5, 0.6) is 5.75 Å². The van der Waals surface area contributed by atoms with Crippen LogP contribution < -0.4 is 14.4 Å². The molecule has 1 N–H and O–H groups in total. The van der Waals surface area contributed by atoms with Crippen LogP contribution in [0, 0.1) is 17.8 Å². The van der Waals surface area contributed by atoms with Crippen LogP contribution in [0.4, 0.5) is 11.4 Å². The molecule has 1 heterocycles. The Morgan fingerprint density at radius 3 is 2.13 bits per heavy atom. The van der Waals surface area contributed by atoms with E-state index in [4.69, 9.17) is 4.74 Å². The molecule has 1 atom stereocenters. The number of amides is 1. The first-order chi connectivity index (χ1) is 18.9. The van der Waals surface area contributed by atoms with Gasteiger partial charge in [0.1, 0.15) is 5.75 Å². The van der Waals surface area contributed by atoms with Gasteiger partial charge in [0.2, 0.25) is 10.0 Å². The first-order valence-corrected chi connectivity index (χ1v) is 15.7. The van der Waals surface area contributed by atoms with Crippen LogP contribution in [0.15, 0.2) is 78.9 Å². The van der Waals surface area contributed by atoms with E-state index >= 15 is 0 Å². The molecular weight excluding hydrogens is 508 g/mol. The van der Waals surface area contributed by atoms with E-state index in [-0.39, 0.29) is 18.2 Å². The van der Waals surface area contributed by atoms with E-state index in [0.29, 0.717) is 28.1 Å². The largest absolute Gasteiger partial charge is 0.476 e.